The van der Waals surface area contributed by atoms with Gasteiger partial charge < -0.3 is 19.5 Å². The first-order valence-electron chi connectivity index (χ1n) is 7.44. The number of hydrogen-bond acceptors (Lipinski definition) is 6. The van der Waals surface area contributed by atoms with Crippen LogP contribution in [0, 0.1) is 0 Å². The predicted octanol–water partition coefficient (Wildman–Crippen LogP) is 2.28. The molecule has 1 aliphatic rings. The Balaban J connectivity index is 2.65. The summed E-state index contributed by atoms with van der Waals surface area (Å²) in [7, 11) is 4.18. The SMILES string of the molecule is COC(=O)C1=C(C)NC(c2ccccc2OC)C(C(=O)OC)=C1C. The van der Waals surface area contributed by atoms with Crippen LogP contribution in [0.15, 0.2) is 46.7 Å². The molecular weight excluding hydrogens is 310 g/mol. The molecular formula is C18H21NO5. The van der Waals surface area contributed by atoms with Gasteiger partial charge >= 0.3 is 11.9 Å². The molecule has 0 aliphatic carbocycles. The summed E-state index contributed by atoms with van der Waals surface area (Å²) < 4.78 is 15.2. The van der Waals surface area contributed by atoms with Gasteiger partial charge in [0.15, 0.2) is 0 Å². The minimum absolute atomic E-state index is 0.337. The summed E-state index contributed by atoms with van der Waals surface area (Å²) in [5, 5.41) is 3.21. The summed E-state index contributed by atoms with van der Waals surface area (Å²) in [6, 6.07) is 6.90. The lowest BCUT2D eigenvalue weighted by molar-refractivity contribution is -0.136. The average Bonchev–Trinajstić information content (AvgIpc) is 2.60. The molecule has 6 heteroatoms. The molecule has 0 fully saturated rings. The average molecular weight is 331 g/mol. The number of hydrogen-bond donors (Lipinski definition) is 1. The molecule has 1 heterocycles. The van der Waals surface area contributed by atoms with E-state index < -0.39 is 18.0 Å². The second-order valence-corrected chi connectivity index (χ2v) is 5.34. The maximum Gasteiger partial charge on any atom is 0.339 e. The van der Waals surface area contributed by atoms with Crippen LogP contribution >= 0.6 is 0 Å². The van der Waals surface area contributed by atoms with Gasteiger partial charge in [0.05, 0.1) is 38.5 Å². The van der Waals surface area contributed by atoms with Gasteiger partial charge in [-0.3, -0.25) is 0 Å². The zero-order valence-electron chi connectivity index (χ0n) is 14.4. The van der Waals surface area contributed by atoms with Crippen molar-refractivity contribution in [3.63, 3.8) is 0 Å². The van der Waals surface area contributed by atoms with E-state index in [0.717, 1.165) is 5.56 Å². The number of esters is 2. The summed E-state index contributed by atoms with van der Waals surface area (Å²) in [6.07, 6.45) is 0. The molecule has 1 unspecified atom stereocenters. The highest BCUT2D eigenvalue weighted by atomic mass is 16.5. The number of para-hydroxylation sites is 1. The van der Waals surface area contributed by atoms with Crippen LogP contribution in [0.4, 0.5) is 0 Å². The van der Waals surface area contributed by atoms with E-state index in [1.807, 2.05) is 24.3 Å². The number of carbonyl (C=O) groups excluding carboxylic acids is 2. The molecule has 0 saturated carbocycles. The van der Waals surface area contributed by atoms with Crippen LogP contribution in [0.2, 0.25) is 0 Å². The number of nitrogens with one attached hydrogen (secondary N) is 1. The summed E-state index contributed by atoms with van der Waals surface area (Å²) in [6.45, 7) is 3.48. The number of methoxy groups -OCH3 is 3. The Labute approximate surface area is 141 Å². The predicted molar refractivity (Wildman–Crippen MR) is 88.3 cm³/mol. The molecule has 1 aliphatic heterocycles. The Kier molecular flexibility index (Phi) is 5.28. The van der Waals surface area contributed by atoms with E-state index in [9.17, 15) is 9.59 Å². The van der Waals surface area contributed by atoms with Crippen molar-refractivity contribution in [3.05, 3.63) is 52.2 Å². The summed E-state index contributed by atoms with van der Waals surface area (Å²) in [5.41, 5.74) is 2.63. The maximum absolute atomic E-state index is 12.4. The van der Waals surface area contributed by atoms with Crippen LogP contribution in [0.5, 0.6) is 5.75 Å². The lowest BCUT2D eigenvalue weighted by Gasteiger charge is -2.31. The standard InChI is InChI=1S/C18H21NO5/c1-10-14(17(20)23-4)11(2)19-16(15(10)18(21)24-5)12-8-6-7-9-13(12)22-3/h6-9,16,19H,1-5H3. The number of ether oxygens (including phenoxy) is 3. The molecule has 0 saturated heterocycles. The van der Waals surface area contributed by atoms with E-state index in [0.29, 0.717) is 28.2 Å². The zero-order chi connectivity index (χ0) is 17.9. The third-order valence-electron chi connectivity index (χ3n) is 4.05. The minimum atomic E-state index is -0.509. The fourth-order valence-electron chi connectivity index (χ4n) is 2.92. The fourth-order valence-corrected chi connectivity index (χ4v) is 2.92. The van der Waals surface area contributed by atoms with Crippen LogP contribution in [0.1, 0.15) is 25.5 Å². The Morgan fingerprint density at radius 3 is 2.21 bits per heavy atom. The van der Waals surface area contributed by atoms with Crippen LogP contribution in [-0.2, 0) is 19.1 Å². The van der Waals surface area contributed by atoms with Crippen molar-refractivity contribution in [2.45, 2.75) is 19.9 Å². The van der Waals surface area contributed by atoms with Crippen molar-refractivity contribution in [2.24, 2.45) is 0 Å². The molecule has 6 nitrogen and oxygen atoms in total. The molecule has 128 valence electrons. The largest absolute Gasteiger partial charge is 0.496 e. The lowest BCUT2D eigenvalue weighted by atomic mass is 9.87. The van der Waals surface area contributed by atoms with E-state index in [4.69, 9.17) is 14.2 Å². The van der Waals surface area contributed by atoms with Gasteiger partial charge in [0, 0.05) is 11.3 Å². The van der Waals surface area contributed by atoms with E-state index >= 15 is 0 Å². The zero-order valence-corrected chi connectivity index (χ0v) is 14.4. The van der Waals surface area contributed by atoms with Crippen molar-refractivity contribution in [1.29, 1.82) is 0 Å². The van der Waals surface area contributed by atoms with Crippen LogP contribution in [-0.4, -0.2) is 33.3 Å². The van der Waals surface area contributed by atoms with E-state index in [2.05, 4.69) is 5.32 Å². The van der Waals surface area contributed by atoms with Crippen molar-refractivity contribution in [2.75, 3.05) is 21.3 Å². The number of dihydropyridines is 1. The molecule has 0 aromatic heterocycles. The van der Waals surface area contributed by atoms with E-state index in [1.54, 1.807) is 21.0 Å². The molecule has 1 N–H and O–H groups in total. The van der Waals surface area contributed by atoms with E-state index in [1.165, 1.54) is 14.2 Å². The molecule has 0 spiro atoms. The van der Waals surface area contributed by atoms with Crippen molar-refractivity contribution in [1.82, 2.24) is 5.32 Å². The van der Waals surface area contributed by atoms with Gasteiger partial charge in [-0.25, -0.2) is 9.59 Å². The third kappa shape index (κ3) is 2.99. The summed E-state index contributed by atoms with van der Waals surface area (Å²) in [4.78, 5) is 24.5. The summed E-state index contributed by atoms with van der Waals surface area (Å²) in [5.74, 6) is -0.374. The van der Waals surface area contributed by atoms with Gasteiger partial charge in [-0.05, 0) is 25.5 Å². The third-order valence-corrected chi connectivity index (χ3v) is 4.05. The van der Waals surface area contributed by atoms with Crippen LogP contribution in [0.25, 0.3) is 0 Å². The second kappa shape index (κ2) is 7.21. The number of carbonyl (C=O) groups is 2. The van der Waals surface area contributed by atoms with Gasteiger partial charge in [-0.2, -0.15) is 0 Å². The first kappa shape index (κ1) is 17.6. The lowest BCUT2D eigenvalue weighted by Crippen LogP contribution is -2.33. The molecule has 0 radical (unpaired) electrons. The maximum atomic E-state index is 12.4. The van der Waals surface area contributed by atoms with Crippen molar-refractivity contribution < 1.29 is 23.8 Å². The van der Waals surface area contributed by atoms with Crippen molar-refractivity contribution in [3.8, 4) is 5.75 Å². The monoisotopic (exact) mass is 331 g/mol. The molecule has 1 atom stereocenters. The quantitative estimate of drug-likeness (QED) is 0.853. The Morgan fingerprint density at radius 1 is 1.00 bits per heavy atom. The van der Waals surface area contributed by atoms with Crippen LogP contribution in [0.3, 0.4) is 0 Å². The van der Waals surface area contributed by atoms with Gasteiger partial charge in [-0.1, -0.05) is 18.2 Å². The molecule has 24 heavy (non-hydrogen) atoms. The fraction of sp³-hybridized carbons (Fsp3) is 0.333. The number of rotatable bonds is 4. The highest BCUT2D eigenvalue weighted by Crippen LogP contribution is 2.38. The smallest absolute Gasteiger partial charge is 0.339 e. The highest BCUT2D eigenvalue weighted by molar-refractivity contribution is 6.00. The second-order valence-electron chi connectivity index (χ2n) is 5.34. The first-order chi connectivity index (χ1) is 11.5. The van der Waals surface area contributed by atoms with Crippen LogP contribution < -0.4 is 10.1 Å². The van der Waals surface area contributed by atoms with Gasteiger partial charge in [0.1, 0.15) is 5.75 Å². The van der Waals surface area contributed by atoms with Gasteiger partial charge in [0.2, 0.25) is 0 Å². The van der Waals surface area contributed by atoms with Gasteiger partial charge in [0.25, 0.3) is 0 Å². The minimum Gasteiger partial charge on any atom is -0.496 e. The number of allylic oxidation sites excluding steroid dienone is 1. The molecule has 0 amide bonds. The van der Waals surface area contributed by atoms with Gasteiger partial charge in [-0.15, -0.1) is 0 Å². The first-order valence-corrected chi connectivity index (χ1v) is 7.44. The molecule has 0 bridgehead atoms. The Hall–Kier alpha value is -2.76. The normalized spacial score (nSPS) is 17.3. The Bertz CT molecular complexity index is 733. The molecule has 1 aromatic carbocycles. The number of benzene rings is 1. The van der Waals surface area contributed by atoms with Crippen molar-refractivity contribution >= 4 is 11.9 Å². The molecule has 1 aromatic rings. The topological polar surface area (TPSA) is 73.9 Å². The molecule has 2 rings (SSSR count). The Morgan fingerprint density at radius 2 is 1.62 bits per heavy atom. The van der Waals surface area contributed by atoms with E-state index in [-0.39, 0.29) is 0 Å². The highest BCUT2D eigenvalue weighted by Gasteiger charge is 2.35. The summed E-state index contributed by atoms with van der Waals surface area (Å²) >= 11 is 0.